The van der Waals surface area contributed by atoms with Gasteiger partial charge in [-0.15, -0.1) is 0 Å². The van der Waals surface area contributed by atoms with Crippen molar-refractivity contribution in [1.82, 2.24) is 5.32 Å². The highest BCUT2D eigenvalue weighted by atomic mass is 19.1. The van der Waals surface area contributed by atoms with Gasteiger partial charge in [-0.25, -0.2) is 4.39 Å². The second-order valence-corrected chi connectivity index (χ2v) is 4.44. The Kier molecular flexibility index (Phi) is 4.54. The Morgan fingerprint density at radius 3 is 2.76 bits per heavy atom. The minimum Gasteiger partial charge on any atom is -0.374 e. The van der Waals surface area contributed by atoms with Gasteiger partial charge in [0.2, 0.25) is 0 Å². The van der Waals surface area contributed by atoms with Crippen LogP contribution < -0.4 is 5.32 Å². The molecule has 2 rings (SSSR count). The van der Waals surface area contributed by atoms with Crippen LogP contribution in [0.1, 0.15) is 31.2 Å². The summed E-state index contributed by atoms with van der Waals surface area (Å²) in [6, 6.07) is 6.70. The van der Waals surface area contributed by atoms with Gasteiger partial charge >= 0.3 is 0 Å². The van der Waals surface area contributed by atoms with Gasteiger partial charge in [0.15, 0.2) is 0 Å². The molecular weight excluding hydrogens is 215 g/mol. The van der Waals surface area contributed by atoms with Crippen molar-refractivity contribution in [1.29, 1.82) is 0 Å². The molecule has 1 heterocycles. The summed E-state index contributed by atoms with van der Waals surface area (Å²) in [5.41, 5.74) is 1.16. The Balaban J connectivity index is 1.75. The van der Waals surface area contributed by atoms with E-state index in [9.17, 15) is 4.39 Å². The number of hydrogen-bond donors (Lipinski definition) is 1. The van der Waals surface area contributed by atoms with Crippen molar-refractivity contribution in [2.75, 3.05) is 13.1 Å². The third kappa shape index (κ3) is 4.17. The van der Waals surface area contributed by atoms with Crippen LogP contribution in [0.2, 0.25) is 0 Å². The number of rotatable bonds is 3. The molecule has 1 aromatic rings. The summed E-state index contributed by atoms with van der Waals surface area (Å²) in [4.78, 5) is 4.51. The number of hydrogen-bond acceptors (Lipinski definition) is 2. The lowest BCUT2D eigenvalue weighted by Crippen LogP contribution is -2.25. The van der Waals surface area contributed by atoms with Gasteiger partial charge in [0.25, 0.3) is 0 Å². The lowest BCUT2D eigenvalue weighted by atomic mass is 10.1. The second-order valence-electron chi connectivity index (χ2n) is 4.44. The van der Waals surface area contributed by atoms with Crippen LogP contribution in [-0.4, -0.2) is 18.9 Å². The van der Waals surface area contributed by atoms with E-state index >= 15 is 0 Å². The van der Waals surface area contributed by atoms with Crippen molar-refractivity contribution >= 4 is 5.84 Å². The van der Waals surface area contributed by atoms with E-state index in [1.807, 2.05) is 12.1 Å². The van der Waals surface area contributed by atoms with E-state index < -0.39 is 0 Å². The fourth-order valence-corrected chi connectivity index (χ4v) is 2.02. The van der Waals surface area contributed by atoms with E-state index in [1.165, 1.54) is 31.4 Å². The average molecular weight is 234 g/mol. The number of nitrogens with zero attached hydrogens (tertiary/aromatic N) is 1. The first kappa shape index (κ1) is 12.1. The number of halogens is 1. The largest absolute Gasteiger partial charge is 0.374 e. The molecule has 0 aromatic heterocycles. The Labute approximate surface area is 102 Å². The molecular formula is C14H19FN2. The van der Waals surface area contributed by atoms with Crippen molar-refractivity contribution in [2.24, 2.45) is 4.99 Å². The molecule has 0 unspecified atom stereocenters. The summed E-state index contributed by atoms with van der Waals surface area (Å²) in [5.74, 6) is 0.972. The Morgan fingerprint density at radius 2 is 1.94 bits per heavy atom. The first-order valence-corrected chi connectivity index (χ1v) is 6.36. The van der Waals surface area contributed by atoms with Crippen LogP contribution in [0, 0.1) is 5.82 Å². The number of nitrogens with one attached hydrogen (secondary N) is 1. The van der Waals surface area contributed by atoms with Crippen molar-refractivity contribution in [3.63, 3.8) is 0 Å². The summed E-state index contributed by atoms with van der Waals surface area (Å²) in [6.45, 7) is 1.84. The van der Waals surface area contributed by atoms with Gasteiger partial charge in [0.1, 0.15) is 5.82 Å². The Bertz CT molecular complexity index is 370. The summed E-state index contributed by atoms with van der Waals surface area (Å²) in [6.07, 6.45) is 5.72. The monoisotopic (exact) mass is 234 g/mol. The molecule has 0 spiro atoms. The minimum atomic E-state index is -0.171. The summed E-state index contributed by atoms with van der Waals surface area (Å²) in [5, 5.41) is 3.38. The number of benzene rings is 1. The zero-order valence-electron chi connectivity index (χ0n) is 10.1. The van der Waals surface area contributed by atoms with Gasteiger partial charge in [0.05, 0.1) is 5.84 Å². The molecule has 17 heavy (non-hydrogen) atoms. The lowest BCUT2D eigenvalue weighted by molar-refractivity contribution is 0.627. The summed E-state index contributed by atoms with van der Waals surface area (Å²) in [7, 11) is 0. The minimum absolute atomic E-state index is 0.171. The van der Waals surface area contributed by atoms with Crippen molar-refractivity contribution < 1.29 is 4.39 Å². The smallest absolute Gasteiger partial charge is 0.123 e. The van der Waals surface area contributed by atoms with E-state index in [2.05, 4.69) is 10.3 Å². The molecule has 0 fully saturated rings. The van der Waals surface area contributed by atoms with Crippen LogP contribution in [0.3, 0.4) is 0 Å². The quantitative estimate of drug-likeness (QED) is 0.854. The van der Waals surface area contributed by atoms with Gasteiger partial charge in [0, 0.05) is 19.5 Å². The van der Waals surface area contributed by atoms with E-state index in [0.717, 1.165) is 37.3 Å². The first-order valence-electron chi connectivity index (χ1n) is 6.36. The van der Waals surface area contributed by atoms with Crippen molar-refractivity contribution in [2.45, 2.75) is 32.1 Å². The predicted octanol–water partition coefficient (Wildman–Crippen LogP) is 2.93. The topological polar surface area (TPSA) is 24.4 Å². The molecule has 92 valence electrons. The van der Waals surface area contributed by atoms with Gasteiger partial charge in [-0.05, 0) is 37.0 Å². The molecule has 0 saturated carbocycles. The molecule has 1 N–H and O–H groups in total. The van der Waals surface area contributed by atoms with Gasteiger partial charge < -0.3 is 5.32 Å². The first-order chi connectivity index (χ1) is 8.34. The average Bonchev–Trinajstić information content (AvgIpc) is 2.60. The van der Waals surface area contributed by atoms with E-state index in [-0.39, 0.29) is 5.82 Å². The number of amidine groups is 1. The zero-order chi connectivity index (χ0) is 11.9. The molecule has 0 aliphatic carbocycles. The molecule has 0 atom stereocenters. The maximum Gasteiger partial charge on any atom is 0.123 e. The highest BCUT2D eigenvalue weighted by Gasteiger charge is 2.03. The van der Waals surface area contributed by atoms with Crippen LogP contribution in [0.4, 0.5) is 4.39 Å². The Hall–Kier alpha value is -1.38. The third-order valence-electron chi connectivity index (χ3n) is 3.03. The fraction of sp³-hybridized carbons (Fsp3) is 0.500. The van der Waals surface area contributed by atoms with Gasteiger partial charge in [-0.3, -0.25) is 4.99 Å². The molecule has 1 aromatic carbocycles. The maximum absolute atomic E-state index is 12.7. The highest BCUT2D eigenvalue weighted by molar-refractivity contribution is 5.82. The van der Waals surface area contributed by atoms with E-state index in [1.54, 1.807) is 0 Å². The predicted molar refractivity (Wildman–Crippen MR) is 68.9 cm³/mol. The van der Waals surface area contributed by atoms with Crippen LogP contribution in [-0.2, 0) is 6.42 Å². The number of aliphatic imine (C=N–C) groups is 1. The van der Waals surface area contributed by atoms with Crippen LogP contribution >= 0.6 is 0 Å². The SMILES string of the molecule is Fc1ccc(CCNC2=NCCCCC2)cc1. The summed E-state index contributed by atoms with van der Waals surface area (Å²) < 4.78 is 12.7. The van der Waals surface area contributed by atoms with E-state index in [0.29, 0.717) is 0 Å². The fourth-order valence-electron chi connectivity index (χ4n) is 2.02. The molecule has 0 saturated heterocycles. The molecule has 0 radical (unpaired) electrons. The molecule has 3 heteroatoms. The van der Waals surface area contributed by atoms with Crippen LogP contribution in [0.5, 0.6) is 0 Å². The molecule has 1 aliphatic heterocycles. The molecule has 0 amide bonds. The molecule has 2 nitrogen and oxygen atoms in total. The lowest BCUT2D eigenvalue weighted by Gasteiger charge is -2.08. The molecule has 1 aliphatic rings. The maximum atomic E-state index is 12.7. The summed E-state index contributed by atoms with van der Waals surface area (Å²) >= 11 is 0. The standard InChI is InChI=1S/C14H19FN2/c15-13-7-5-12(6-8-13)9-11-17-14-4-2-1-3-10-16-14/h5-8H,1-4,9-11H2,(H,16,17). The van der Waals surface area contributed by atoms with E-state index in [4.69, 9.17) is 0 Å². The van der Waals surface area contributed by atoms with Crippen LogP contribution in [0.15, 0.2) is 29.3 Å². The van der Waals surface area contributed by atoms with Crippen molar-refractivity contribution in [3.8, 4) is 0 Å². The second kappa shape index (κ2) is 6.38. The van der Waals surface area contributed by atoms with Gasteiger partial charge in [-0.2, -0.15) is 0 Å². The Morgan fingerprint density at radius 1 is 1.12 bits per heavy atom. The normalized spacial score (nSPS) is 16.2. The third-order valence-corrected chi connectivity index (χ3v) is 3.03. The zero-order valence-corrected chi connectivity index (χ0v) is 10.1. The van der Waals surface area contributed by atoms with Crippen LogP contribution in [0.25, 0.3) is 0 Å². The molecule has 0 bridgehead atoms. The van der Waals surface area contributed by atoms with Crippen molar-refractivity contribution in [3.05, 3.63) is 35.6 Å². The van der Waals surface area contributed by atoms with Gasteiger partial charge in [-0.1, -0.05) is 18.6 Å². The highest BCUT2D eigenvalue weighted by Crippen LogP contribution is 2.06.